The molecule has 1 aromatic carbocycles. The highest BCUT2D eigenvalue weighted by Gasteiger charge is 2.34. The molecule has 0 aromatic heterocycles. The van der Waals surface area contributed by atoms with E-state index in [4.69, 9.17) is 20.1 Å². The monoisotopic (exact) mass is 315 g/mol. The van der Waals surface area contributed by atoms with Gasteiger partial charge in [0.1, 0.15) is 5.75 Å². The number of rotatable bonds is 9. The number of carbonyl (C=O) groups is 1. The summed E-state index contributed by atoms with van der Waals surface area (Å²) in [5.41, 5.74) is -0.232. The maximum Gasteiger partial charge on any atom is 0.152 e. The number of aliphatic hydroxyl groups excluding tert-OH is 3. The number of hydrogen-bond donors (Lipinski definition) is 4. The molecule has 0 saturated carbocycles. The van der Waals surface area contributed by atoms with Crippen molar-refractivity contribution < 1.29 is 30.0 Å². The highest BCUT2D eigenvalue weighted by Crippen LogP contribution is 2.29. The highest BCUT2D eigenvalue weighted by atomic mass is 16.5. The first-order chi connectivity index (χ1) is 10.0. The lowest BCUT2D eigenvalue weighted by atomic mass is 9.95. The van der Waals surface area contributed by atoms with Crippen LogP contribution in [-0.4, -0.2) is 46.7 Å². The molecule has 0 unspecified atom stereocenters. The fourth-order valence-corrected chi connectivity index (χ4v) is 2.25. The summed E-state index contributed by atoms with van der Waals surface area (Å²) in [6.07, 6.45) is -0.0613. The van der Waals surface area contributed by atoms with Crippen molar-refractivity contribution in [3.8, 4) is 5.75 Å². The minimum Gasteiger partial charge on any atom is -0.546 e. The van der Waals surface area contributed by atoms with Gasteiger partial charge in [0, 0.05) is 32.7 Å². The third-order valence-corrected chi connectivity index (χ3v) is 3.44. The summed E-state index contributed by atoms with van der Waals surface area (Å²) in [5, 5.41) is 38.8. The third-order valence-electron chi connectivity index (χ3n) is 3.44. The number of carboxylic acid groups (broad SMARTS) is 1. The molecule has 7 nitrogen and oxygen atoms in total. The molecule has 0 aliphatic carbocycles. The van der Waals surface area contributed by atoms with Gasteiger partial charge in [-0.25, -0.2) is 0 Å². The summed E-state index contributed by atoms with van der Waals surface area (Å²) in [4.78, 5) is 11.5. The van der Waals surface area contributed by atoms with Crippen molar-refractivity contribution in [3.63, 3.8) is 0 Å². The Bertz CT molecular complexity index is 471. The second kappa shape index (κ2) is 9.37. The van der Waals surface area contributed by atoms with Crippen LogP contribution in [0.4, 0.5) is 0 Å². The largest absolute Gasteiger partial charge is 0.546 e. The van der Waals surface area contributed by atoms with Crippen molar-refractivity contribution in [2.75, 3.05) is 19.8 Å². The summed E-state index contributed by atoms with van der Waals surface area (Å²) < 4.78 is 5.62. The molecule has 0 spiro atoms. The minimum absolute atomic E-state index is 0. The van der Waals surface area contributed by atoms with Crippen LogP contribution in [0.15, 0.2) is 18.2 Å². The Hall–Kier alpha value is -1.67. The Morgan fingerprint density at radius 3 is 2.23 bits per heavy atom. The van der Waals surface area contributed by atoms with Crippen LogP contribution in [0.3, 0.4) is 0 Å². The van der Waals surface area contributed by atoms with Crippen LogP contribution in [0.25, 0.3) is 0 Å². The molecule has 1 rings (SSSR count). The molecule has 0 radical (unpaired) electrons. The second-order valence-electron chi connectivity index (χ2n) is 4.86. The average Bonchev–Trinajstić information content (AvgIpc) is 2.43. The Morgan fingerprint density at radius 1 is 1.18 bits per heavy atom. The summed E-state index contributed by atoms with van der Waals surface area (Å²) in [7, 11) is 0. The Labute approximate surface area is 129 Å². The van der Waals surface area contributed by atoms with Gasteiger partial charge in [-0.05, 0) is 30.5 Å². The number of carbonyl (C=O) groups excluding carboxylic acids is 1. The quantitative estimate of drug-likeness (QED) is 0.485. The first-order valence-corrected chi connectivity index (χ1v) is 6.82. The molecular formula is C15H25NO6. The average molecular weight is 315 g/mol. The fourth-order valence-electron chi connectivity index (χ4n) is 2.25. The van der Waals surface area contributed by atoms with Crippen LogP contribution in [0.2, 0.25) is 0 Å². The summed E-state index contributed by atoms with van der Waals surface area (Å²) >= 11 is 0. The molecule has 0 bridgehead atoms. The van der Waals surface area contributed by atoms with E-state index in [1.54, 1.807) is 12.1 Å². The van der Waals surface area contributed by atoms with E-state index in [2.05, 4.69) is 0 Å². The molecule has 22 heavy (non-hydrogen) atoms. The van der Waals surface area contributed by atoms with Crippen molar-refractivity contribution in [2.24, 2.45) is 0 Å². The van der Waals surface area contributed by atoms with Gasteiger partial charge in [0.15, 0.2) is 5.60 Å². The van der Waals surface area contributed by atoms with E-state index >= 15 is 0 Å². The highest BCUT2D eigenvalue weighted by molar-refractivity contribution is 5.76. The molecule has 0 heterocycles. The van der Waals surface area contributed by atoms with Gasteiger partial charge in [0.2, 0.25) is 0 Å². The molecule has 7 N–H and O–H groups in total. The maximum absolute atomic E-state index is 11.5. The molecule has 126 valence electrons. The van der Waals surface area contributed by atoms with Crippen molar-refractivity contribution in [3.05, 3.63) is 29.3 Å². The number of aliphatic hydroxyl groups is 3. The molecule has 0 aliphatic heterocycles. The van der Waals surface area contributed by atoms with E-state index in [0.717, 1.165) is 5.56 Å². The molecular weight excluding hydrogens is 290 g/mol. The van der Waals surface area contributed by atoms with E-state index in [0.29, 0.717) is 17.7 Å². The standard InChI is InChI=1S/C15H22O6.H3N/c1-11-3-2-4-13(12(11)5-8-16)21-15(6-9-17,7-10-18)14(19)20;/h2-4,16-18H,5-10H2,1H3,(H,19,20);1H3. The summed E-state index contributed by atoms with van der Waals surface area (Å²) in [5.74, 6) is -1.17. The molecule has 0 fully saturated rings. The van der Waals surface area contributed by atoms with Gasteiger partial charge in [-0.3, -0.25) is 0 Å². The zero-order chi connectivity index (χ0) is 15.9. The second-order valence-corrected chi connectivity index (χ2v) is 4.86. The van der Waals surface area contributed by atoms with E-state index < -0.39 is 24.8 Å². The van der Waals surface area contributed by atoms with Gasteiger partial charge in [-0.1, -0.05) is 12.1 Å². The lowest BCUT2D eigenvalue weighted by Gasteiger charge is -2.35. The molecule has 0 aliphatic rings. The zero-order valence-corrected chi connectivity index (χ0v) is 13.0. The fraction of sp³-hybridized carbons (Fsp3) is 0.533. The van der Waals surface area contributed by atoms with Crippen LogP contribution in [0, 0.1) is 6.92 Å². The van der Waals surface area contributed by atoms with Crippen LogP contribution < -0.4 is 16.0 Å². The number of aliphatic carboxylic acids is 1. The normalized spacial score (nSPS) is 10.9. The number of benzene rings is 1. The summed E-state index contributed by atoms with van der Waals surface area (Å²) in [6, 6.07) is 5.14. The number of aryl methyl sites for hydroxylation is 1. The number of carboxylic acids is 1. The predicted molar refractivity (Wildman–Crippen MR) is 79.7 cm³/mol. The lowest BCUT2D eigenvalue weighted by Crippen LogP contribution is -2.54. The number of ether oxygens (including phenoxy) is 1. The molecule has 7 heteroatoms. The van der Waals surface area contributed by atoms with Gasteiger partial charge in [0.25, 0.3) is 0 Å². The Morgan fingerprint density at radius 2 is 1.77 bits per heavy atom. The van der Waals surface area contributed by atoms with Crippen molar-refractivity contribution >= 4 is 5.97 Å². The van der Waals surface area contributed by atoms with E-state index in [1.165, 1.54) is 0 Å². The number of hydrogen-bond acceptors (Lipinski definition) is 6. The van der Waals surface area contributed by atoms with Crippen LogP contribution >= 0.6 is 0 Å². The van der Waals surface area contributed by atoms with Crippen LogP contribution in [0.1, 0.15) is 24.0 Å². The SMILES string of the molecule is Cc1cccc(OC(CCO)(CCO)C(=O)[O-])c1CCO.[NH4+]. The van der Waals surface area contributed by atoms with Gasteiger partial charge in [-0.15, -0.1) is 0 Å². The van der Waals surface area contributed by atoms with Gasteiger partial charge >= 0.3 is 0 Å². The van der Waals surface area contributed by atoms with Crippen molar-refractivity contribution in [2.45, 2.75) is 31.8 Å². The van der Waals surface area contributed by atoms with Crippen molar-refractivity contribution in [1.29, 1.82) is 0 Å². The van der Waals surface area contributed by atoms with E-state index in [-0.39, 0.29) is 25.6 Å². The Kier molecular flexibility index (Phi) is 8.66. The smallest absolute Gasteiger partial charge is 0.152 e. The van der Waals surface area contributed by atoms with E-state index in [1.807, 2.05) is 13.0 Å². The predicted octanol–water partition coefficient (Wildman–Crippen LogP) is -0.462. The van der Waals surface area contributed by atoms with Gasteiger partial charge in [0.05, 0.1) is 5.97 Å². The summed E-state index contributed by atoms with van der Waals surface area (Å²) in [6.45, 7) is 0.917. The maximum atomic E-state index is 11.5. The first kappa shape index (κ1) is 20.3. The molecule has 1 aromatic rings. The minimum atomic E-state index is -1.79. The topological polar surface area (TPSA) is 147 Å². The van der Waals surface area contributed by atoms with Gasteiger partial charge in [-0.2, -0.15) is 0 Å². The molecule has 0 amide bonds. The van der Waals surface area contributed by atoms with Crippen LogP contribution in [-0.2, 0) is 11.2 Å². The Balaban J connectivity index is 0.00000441. The van der Waals surface area contributed by atoms with Crippen molar-refractivity contribution in [1.82, 2.24) is 6.15 Å². The third kappa shape index (κ3) is 4.67. The lowest BCUT2D eigenvalue weighted by molar-refractivity contribution is -0.324. The van der Waals surface area contributed by atoms with Gasteiger partial charge < -0.3 is 36.1 Å². The first-order valence-electron chi connectivity index (χ1n) is 6.82. The van der Waals surface area contributed by atoms with E-state index in [9.17, 15) is 9.90 Å². The molecule has 0 atom stereocenters. The number of quaternary nitrogens is 1. The van der Waals surface area contributed by atoms with Crippen LogP contribution in [0.5, 0.6) is 5.75 Å². The molecule has 0 saturated heterocycles. The zero-order valence-electron chi connectivity index (χ0n) is 13.0.